The van der Waals surface area contributed by atoms with Gasteiger partial charge in [0.25, 0.3) is 0 Å². The van der Waals surface area contributed by atoms with Crippen molar-refractivity contribution in [1.29, 1.82) is 0 Å². The van der Waals surface area contributed by atoms with Crippen LogP contribution in [-0.2, 0) is 9.59 Å². The molecule has 2 N–H and O–H groups in total. The van der Waals surface area contributed by atoms with E-state index in [1.807, 2.05) is 0 Å². The van der Waals surface area contributed by atoms with Gasteiger partial charge in [-0.05, 0) is 42.9 Å². The third kappa shape index (κ3) is 13.9. The molecule has 0 atom stereocenters. The zero-order valence-corrected chi connectivity index (χ0v) is 18.4. The Hall–Kier alpha value is -1.06. The summed E-state index contributed by atoms with van der Waals surface area (Å²) in [5.41, 5.74) is -0.265. The average Bonchev–Trinajstić information content (AvgIpc) is 2.30. The molecular formula is C21H42N2O2. The van der Waals surface area contributed by atoms with E-state index >= 15 is 0 Å². The Morgan fingerprint density at radius 1 is 0.680 bits per heavy atom. The van der Waals surface area contributed by atoms with Gasteiger partial charge in [0.2, 0.25) is 11.8 Å². The highest BCUT2D eigenvalue weighted by Crippen LogP contribution is 2.30. The van der Waals surface area contributed by atoms with E-state index in [0.29, 0.717) is 19.4 Å². The van der Waals surface area contributed by atoms with Gasteiger partial charge in [0, 0.05) is 24.9 Å². The van der Waals surface area contributed by atoms with Crippen molar-refractivity contribution in [3.63, 3.8) is 0 Å². The van der Waals surface area contributed by atoms with E-state index in [1.54, 1.807) is 0 Å². The van der Waals surface area contributed by atoms with Crippen LogP contribution in [0.25, 0.3) is 0 Å². The van der Waals surface area contributed by atoms with Gasteiger partial charge in [0.15, 0.2) is 0 Å². The molecule has 0 aromatic rings. The van der Waals surface area contributed by atoms with Crippen molar-refractivity contribution in [3.8, 4) is 0 Å². The predicted molar refractivity (Wildman–Crippen MR) is 106 cm³/mol. The lowest BCUT2D eigenvalue weighted by Crippen LogP contribution is -2.45. The van der Waals surface area contributed by atoms with Crippen molar-refractivity contribution in [1.82, 2.24) is 10.6 Å². The Morgan fingerprint density at radius 3 is 1.64 bits per heavy atom. The number of carbonyl (C=O) groups excluding carboxylic acids is 2. The van der Waals surface area contributed by atoms with E-state index in [1.165, 1.54) is 0 Å². The summed E-state index contributed by atoms with van der Waals surface area (Å²) in [6.45, 7) is 21.6. The van der Waals surface area contributed by atoms with Crippen molar-refractivity contribution in [2.75, 3.05) is 6.54 Å². The van der Waals surface area contributed by atoms with Gasteiger partial charge in [0.1, 0.15) is 0 Å². The van der Waals surface area contributed by atoms with E-state index in [-0.39, 0.29) is 33.6 Å². The number of nitrogens with one attached hydrogen (secondary N) is 2. The van der Waals surface area contributed by atoms with E-state index in [4.69, 9.17) is 0 Å². The monoisotopic (exact) mass is 354 g/mol. The smallest absolute Gasteiger partial charge is 0.220 e. The summed E-state index contributed by atoms with van der Waals surface area (Å²) in [6, 6.07) is 0. The van der Waals surface area contributed by atoms with Gasteiger partial charge in [-0.3, -0.25) is 9.59 Å². The second-order valence-electron chi connectivity index (χ2n) is 11.3. The number of hydrogen-bond donors (Lipinski definition) is 2. The van der Waals surface area contributed by atoms with Crippen molar-refractivity contribution in [3.05, 3.63) is 0 Å². The van der Waals surface area contributed by atoms with E-state index in [0.717, 1.165) is 12.8 Å². The normalized spacial score (nSPS) is 13.5. The molecule has 0 saturated heterocycles. The highest BCUT2D eigenvalue weighted by molar-refractivity contribution is 5.77. The molecule has 25 heavy (non-hydrogen) atoms. The molecule has 0 aromatic heterocycles. The first-order chi connectivity index (χ1) is 10.9. The van der Waals surface area contributed by atoms with Crippen LogP contribution in [0.2, 0.25) is 0 Å². The number of carbonyl (C=O) groups is 2. The minimum Gasteiger partial charge on any atom is -0.356 e. The van der Waals surface area contributed by atoms with Gasteiger partial charge in [-0.1, -0.05) is 55.4 Å². The first-order valence-electron chi connectivity index (χ1n) is 9.49. The van der Waals surface area contributed by atoms with Crippen LogP contribution in [0, 0.1) is 16.2 Å². The summed E-state index contributed by atoms with van der Waals surface area (Å²) >= 11 is 0. The Balaban J connectivity index is 4.45. The van der Waals surface area contributed by atoms with Gasteiger partial charge in [-0.2, -0.15) is 0 Å². The first kappa shape index (κ1) is 23.9. The van der Waals surface area contributed by atoms with Crippen molar-refractivity contribution in [2.45, 2.75) is 100 Å². The largest absolute Gasteiger partial charge is 0.356 e. The van der Waals surface area contributed by atoms with Crippen LogP contribution < -0.4 is 10.6 Å². The van der Waals surface area contributed by atoms with Gasteiger partial charge in [-0.25, -0.2) is 0 Å². The summed E-state index contributed by atoms with van der Waals surface area (Å²) in [5, 5.41) is 6.17. The van der Waals surface area contributed by atoms with Gasteiger partial charge in [0.05, 0.1) is 0 Å². The average molecular weight is 355 g/mol. The molecule has 0 heterocycles. The molecule has 0 aliphatic heterocycles. The lowest BCUT2D eigenvalue weighted by atomic mass is 9.80. The maximum Gasteiger partial charge on any atom is 0.220 e. The summed E-state index contributed by atoms with van der Waals surface area (Å²) in [5.74, 6) is 0.202. The molecule has 0 unspecified atom stereocenters. The fourth-order valence-electron chi connectivity index (χ4n) is 2.57. The van der Waals surface area contributed by atoms with Crippen LogP contribution in [0.3, 0.4) is 0 Å². The highest BCUT2D eigenvalue weighted by Gasteiger charge is 2.28. The third-order valence-electron chi connectivity index (χ3n) is 4.05. The van der Waals surface area contributed by atoms with E-state index < -0.39 is 0 Å². The minimum absolute atomic E-state index is 0.00935. The molecule has 4 nitrogen and oxygen atoms in total. The van der Waals surface area contributed by atoms with Gasteiger partial charge < -0.3 is 10.6 Å². The maximum atomic E-state index is 12.2. The number of hydrogen-bond acceptors (Lipinski definition) is 2. The summed E-state index contributed by atoms with van der Waals surface area (Å²) in [7, 11) is 0. The minimum atomic E-state index is -0.262. The number of rotatable bonds is 8. The van der Waals surface area contributed by atoms with Gasteiger partial charge in [-0.15, -0.1) is 0 Å². The molecule has 0 spiro atoms. The molecular weight excluding hydrogens is 312 g/mol. The molecule has 0 radical (unpaired) electrons. The summed E-state index contributed by atoms with van der Waals surface area (Å²) in [6.07, 6.45) is 2.77. The zero-order chi connectivity index (χ0) is 20.1. The van der Waals surface area contributed by atoms with Crippen LogP contribution >= 0.6 is 0 Å². The lowest BCUT2D eigenvalue weighted by molar-refractivity contribution is -0.125. The van der Waals surface area contributed by atoms with Crippen molar-refractivity contribution < 1.29 is 9.59 Å². The second kappa shape index (κ2) is 8.55. The molecule has 0 aliphatic rings. The zero-order valence-electron chi connectivity index (χ0n) is 18.4. The van der Waals surface area contributed by atoms with Crippen LogP contribution in [-0.4, -0.2) is 23.9 Å². The van der Waals surface area contributed by atoms with Crippen LogP contribution in [0.5, 0.6) is 0 Å². The molecule has 0 bridgehead atoms. The molecule has 148 valence electrons. The molecule has 4 heteroatoms. The topological polar surface area (TPSA) is 58.2 Å². The van der Waals surface area contributed by atoms with E-state index in [9.17, 15) is 9.59 Å². The van der Waals surface area contributed by atoms with Crippen LogP contribution in [0.1, 0.15) is 94.9 Å². The van der Waals surface area contributed by atoms with E-state index in [2.05, 4.69) is 79.9 Å². The fraction of sp³-hybridized carbons (Fsp3) is 0.905. The van der Waals surface area contributed by atoms with Gasteiger partial charge >= 0.3 is 0 Å². The second-order valence-corrected chi connectivity index (χ2v) is 11.3. The maximum absolute atomic E-state index is 12.2. The standard InChI is InChI=1S/C21H42N2O2/c1-18(2,3)13-17(25)23-21(9,10)12-11-20(7,8)14-16(24)22-15-19(4,5)6/h11-15H2,1-10H3,(H,22,24)(H,23,25). The lowest BCUT2D eigenvalue weighted by Gasteiger charge is -2.33. The van der Waals surface area contributed by atoms with Crippen LogP contribution in [0.4, 0.5) is 0 Å². The molecule has 0 aromatic carbocycles. The SMILES string of the molecule is CC(C)(C)CNC(=O)CC(C)(C)CCC(C)(C)NC(=O)CC(C)(C)C. The third-order valence-corrected chi connectivity index (χ3v) is 4.05. The highest BCUT2D eigenvalue weighted by atomic mass is 16.2. The quantitative estimate of drug-likeness (QED) is 0.665. The molecule has 0 aliphatic carbocycles. The molecule has 0 fully saturated rings. The predicted octanol–water partition coefficient (Wildman–Crippen LogP) is 4.68. The number of amides is 2. The summed E-state index contributed by atoms with van der Waals surface area (Å²) < 4.78 is 0. The Kier molecular flexibility index (Phi) is 8.19. The molecule has 0 saturated carbocycles. The molecule has 0 rings (SSSR count). The Labute approximate surface area is 155 Å². The fourth-order valence-corrected chi connectivity index (χ4v) is 2.57. The summed E-state index contributed by atoms with van der Waals surface area (Å²) in [4.78, 5) is 24.4. The van der Waals surface area contributed by atoms with Crippen LogP contribution in [0.15, 0.2) is 0 Å². The molecule has 2 amide bonds. The first-order valence-corrected chi connectivity index (χ1v) is 9.49. The van der Waals surface area contributed by atoms with Crippen molar-refractivity contribution in [2.24, 2.45) is 16.2 Å². The Morgan fingerprint density at radius 2 is 1.20 bits per heavy atom. The van der Waals surface area contributed by atoms with Crippen molar-refractivity contribution >= 4 is 11.8 Å². The Bertz CT molecular complexity index is 451.